The van der Waals surface area contributed by atoms with Gasteiger partial charge >= 0.3 is 0 Å². The molecule has 2 heterocycles. The van der Waals surface area contributed by atoms with Gasteiger partial charge in [-0.15, -0.1) is 0 Å². The van der Waals surface area contributed by atoms with Crippen LogP contribution in [-0.4, -0.2) is 31.2 Å². The molecular formula is C15H18FNO3. The number of carbonyl (C=O) groups excluding carboxylic acids is 1. The average molecular weight is 279 g/mol. The number of halogens is 1. The maximum Gasteiger partial charge on any atom is 0.168 e. The smallest absolute Gasteiger partial charge is 0.168 e. The van der Waals surface area contributed by atoms with E-state index in [4.69, 9.17) is 15.2 Å². The zero-order valence-corrected chi connectivity index (χ0v) is 11.2. The number of nitrogens with two attached hydrogens (primary N) is 1. The first-order chi connectivity index (χ1) is 9.60. The molecule has 2 atom stereocenters. The van der Waals surface area contributed by atoms with Crippen molar-refractivity contribution in [1.82, 2.24) is 0 Å². The lowest BCUT2D eigenvalue weighted by Crippen LogP contribution is -2.42. The van der Waals surface area contributed by atoms with Crippen LogP contribution in [0.15, 0.2) is 18.2 Å². The summed E-state index contributed by atoms with van der Waals surface area (Å²) >= 11 is 0. The van der Waals surface area contributed by atoms with E-state index in [2.05, 4.69) is 0 Å². The van der Waals surface area contributed by atoms with Crippen molar-refractivity contribution in [2.45, 2.75) is 24.9 Å². The van der Waals surface area contributed by atoms with E-state index in [1.165, 1.54) is 18.2 Å². The molecule has 5 heteroatoms. The Morgan fingerprint density at radius 3 is 3.00 bits per heavy atom. The second kappa shape index (κ2) is 5.14. The average Bonchev–Trinajstić information content (AvgIpc) is 2.88. The summed E-state index contributed by atoms with van der Waals surface area (Å²) in [6.45, 7) is 1.74. The van der Waals surface area contributed by atoms with E-state index in [-0.39, 0.29) is 22.9 Å². The van der Waals surface area contributed by atoms with Gasteiger partial charge in [0, 0.05) is 36.8 Å². The molecule has 4 nitrogen and oxygen atoms in total. The number of Topliss-reactive ketones (excluding diaryl/α,β-unsaturated/α-hetero) is 1. The Labute approximate surface area is 117 Å². The molecule has 2 N–H and O–H groups in total. The Bertz CT molecular complexity index is 526. The first-order valence-electron chi connectivity index (χ1n) is 6.91. The highest BCUT2D eigenvalue weighted by Gasteiger charge is 2.43. The highest BCUT2D eigenvalue weighted by Crippen LogP contribution is 2.37. The minimum Gasteiger partial charge on any atom is -0.398 e. The molecule has 20 heavy (non-hydrogen) atoms. The summed E-state index contributed by atoms with van der Waals surface area (Å²) in [4.78, 5) is 12.6. The molecule has 0 radical (unpaired) electrons. The molecule has 0 aromatic heterocycles. The van der Waals surface area contributed by atoms with Gasteiger partial charge in [0.1, 0.15) is 5.82 Å². The van der Waals surface area contributed by atoms with Gasteiger partial charge < -0.3 is 15.2 Å². The van der Waals surface area contributed by atoms with Crippen LogP contribution in [0.5, 0.6) is 0 Å². The first kappa shape index (κ1) is 13.5. The van der Waals surface area contributed by atoms with Crippen molar-refractivity contribution >= 4 is 11.5 Å². The lowest BCUT2D eigenvalue weighted by atomic mass is 9.81. The molecule has 2 unspecified atom stereocenters. The molecule has 0 aliphatic carbocycles. The van der Waals surface area contributed by atoms with E-state index >= 15 is 0 Å². The van der Waals surface area contributed by atoms with Gasteiger partial charge in [0.25, 0.3) is 0 Å². The van der Waals surface area contributed by atoms with Crippen molar-refractivity contribution in [1.29, 1.82) is 0 Å². The van der Waals surface area contributed by atoms with E-state index < -0.39 is 5.82 Å². The van der Waals surface area contributed by atoms with Gasteiger partial charge in [-0.1, -0.05) is 0 Å². The third-order valence-electron chi connectivity index (χ3n) is 4.21. The predicted molar refractivity (Wildman–Crippen MR) is 72.0 cm³/mol. The molecule has 3 rings (SSSR count). The largest absolute Gasteiger partial charge is 0.398 e. The van der Waals surface area contributed by atoms with Crippen LogP contribution in [0.2, 0.25) is 0 Å². The molecule has 0 amide bonds. The van der Waals surface area contributed by atoms with Crippen LogP contribution in [0.25, 0.3) is 0 Å². The summed E-state index contributed by atoms with van der Waals surface area (Å²) in [5, 5.41) is 0. The second-order valence-corrected chi connectivity index (χ2v) is 5.62. The van der Waals surface area contributed by atoms with Gasteiger partial charge in [0.05, 0.1) is 12.2 Å². The van der Waals surface area contributed by atoms with E-state index in [1.807, 2.05) is 0 Å². The maximum atomic E-state index is 13.3. The highest BCUT2D eigenvalue weighted by atomic mass is 19.1. The van der Waals surface area contributed by atoms with Crippen LogP contribution >= 0.6 is 0 Å². The van der Waals surface area contributed by atoms with Crippen LogP contribution in [-0.2, 0) is 9.47 Å². The second-order valence-electron chi connectivity index (χ2n) is 5.62. The van der Waals surface area contributed by atoms with Crippen LogP contribution in [0.3, 0.4) is 0 Å². The van der Waals surface area contributed by atoms with Crippen molar-refractivity contribution in [2.24, 2.45) is 5.92 Å². The van der Waals surface area contributed by atoms with Crippen molar-refractivity contribution < 1.29 is 18.7 Å². The molecule has 0 saturated carbocycles. The van der Waals surface area contributed by atoms with Crippen LogP contribution in [0, 0.1) is 11.7 Å². The first-order valence-corrected chi connectivity index (χ1v) is 6.91. The van der Waals surface area contributed by atoms with E-state index in [1.54, 1.807) is 0 Å². The van der Waals surface area contributed by atoms with Crippen molar-refractivity contribution in [3.63, 3.8) is 0 Å². The maximum absolute atomic E-state index is 13.3. The summed E-state index contributed by atoms with van der Waals surface area (Å²) in [6.07, 6.45) is 2.09. The van der Waals surface area contributed by atoms with Crippen LogP contribution in [0.4, 0.5) is 10.1 Å². The summed E-state index contributed by atoms with van der Waals surface area (Å²) in [6, 6.07) is 3.93. The minimum atomic E-state index is -0.437. The van der Waals surface area contributed by atoms with Gasteiger partial charge in [0.15, 0.2) is 5.78 Å². The Morgan fingerprint density at radius 1 is 1.40 bits per heavy atom. The molecule has 0 bridgehead atoms. The number of carbonyl (C=O) groups is 1. The van der Waals surface area contributed by atoms with Crippen molar-refractivity contribution in [2.75, 3.05) is 25.6 Å². The number of anilines is 1. The normalized spacial score (nSPS) is 29.8. The Morgan fingerprint density at radius 2 is 2.25 bits per heavy atom. The van der Waals surface area contributed by atoms with Gasteiger partial charge in [-0.2, -0.15) is 0 Å². The van der Waals surface area contributed by atoms with Crippen LogP contribution < -0.4 is 5.73 Å². The molecule has 2 fully saturated rings. The summed E-state index contributed by atoms with van der Waals surface area (Å²) in [5.74, 6) is -0.695. The summed E-state index contributed by atoms with van der Waals surface area (Å²) in [7, 11) is 0. The number of ketones is 1. The van der Waals surface area contributed by atoms with Gasteiger partial charge in [-0.25, -0.2) is 4.39 Å². The summed E-state index contributed by atoms with van der Waals surface area (Å²) in [5.41, 5.74) is 6.08. The summed E-state index contributed by atoms with van der Waals surface area (Å²) < 4.78 is 24.5. The fourth-order valence-electron chi connectivity index (χ4n) is 3.08. The molecule has 1 spiro atoms. The SMILES string of the molecule is Nc1ccc(F)cc1C(=O)C1CCOC2(CCOC2)C1. The lowest BCUT2D eigenvalue weighted by molar-refractivity contribution is -0.0920. The molecule has 1 aromatic rings. The minimum absolute atomic E-state index is 0.0865. The quantitative estimate of drug-likeness (QED) is 0.666. The lowest BCUT2D eigenvalue weighted by Gasteiger charge is -2.36. The number of benzene rings is 1. The number of ether oxygens (including phenoxy) is 2. The molecule has 1 aromatic carbocycles. The Kier molecular flexibility index (Phi) is 3.48. The van der Waals surface area contributed by atoms with E-state index in [0.717, 1.165) is 6.42 Å². The molecule has 108 valence electrons. The molecule has 2 saturated heterocycles. The van der Waals surface area contributed by atoms with Crippen molar-refractivity contribution in [3.8, 4) is 0 Å². The fraction of sp³-hybridized carbons (Fsp3) is 0.533. The Balaban J connectivity index is 1.81. The number of nitrogen functional groups attached to an aromatic ring is 1. The van der Waals surface area contributed by atoms with Gasteiger partial charge in [-0.05, 0) is 31.0 Å². The van der Waals surface area contributed by atoms with Gasteiger partial charge in [-0.3, -0.25) is 4.79 Å². The topological polar surface area (TPSA) is 61.6 Å². The zero-order valence-electron chi connectivity index (χ0n) is 11.2. The highest BCUT2D eigenvalue weighted by molar-refractivity contribution is 6.02. The number of hydrogen-bond donors (Lipinski definition) is 1. The molecule has 2 aliphatic heterocycles. The monoisotopic (exact) mass is 279 g/mol. The predicted octanol–water partition coefficient (Wildman–Crippen LogP) is 2.18. The molecule has 2 aliphatic rings. The third kappa shape index (κ3) is 2.43. The van der Waals surface area contributed by atoms with Gasteiger partial charge in [0.2, 0.25) is 0 Å². The zero-order chi connectivity index (χ0) is 14.2. The van der Waals surface area contributed by atoms with Crippen LogP contribution in [0.1, 0.15) is 29.6 Å². The fourth-order valence-corrected chi connectivity index (χ4v) is 3.08. The Hall–Kier alpha value is -1.46. The third-order valence-corrected chi connectivity index (χ3v) is 4.21. The molecular weight excluding hydrogens is 261 g/mol. The number of rotatable bonds is 2. The number of hydrogen-bond acceptors (Lipinski definition) is 4. The van der Waals surface area contributed by atoms with Crippen molar-refractivity contribution in [3.05, 3.63) is 29.6 Å². The van der Waals surface area contributed by atoms with E-state index in [0.29, 0.717) is 38.3 Å². The standard InChI is InChI=1S/C15H18FNO3/c16-11-1-2-13(17)12(7-11)14(18)10-3-5-20-15(8-10)4-6-19-9-15/h1-2,7,10H,3-6,8-9,17H2. The van der Waals surface area contributed by atoms with E-state index in [9.17, 15) is 9.18 Å².